The van der Waals surface area contributed by atoms with Crippen LogP contribution in [0.4, 0.5) is 0 Å². The molecule has 0 saturated heterocycles. The molecule has 1 unspecified atom stereocenters. The van der Waals surface area contributed by atoms with Gasteiger partial charge in [-0.2, -0.15) is 0 Å². The highest BCUT2D eigenvalue weighted by Gasteiger charge is 2.29. The van der Waals surface area contributed by atoms with Crippen LogP contribution in [0, 0.1) is 0 Å². The maximum Gasteiger partial charge on any atom is 0.305 e. The van der Waals surface area contributed by atoms with E-state index in [2.05, 4.69) is 5.32 Å². The van der Waals surface area contributed by atoms with E-state index in [-0.39, 0.29) is 25.4 Å². The van der Waals surface area contributed by atoms with Gasteiger partial charge in [0.15, 0.2) is 0 Å². The van der Waals surface area contributed by atoms with Gasteiger partial charge in [-0.05, 0) is 23.3 Å². The lowest BCUT2D eigenvalue weighted by molar-refractivity contribution is -0.139. The van der Waals surface area contributed by atoms with E-state index in [1.165, 1.54) is 7.11 Å². The van der Waals surface area contributed by atoms with Crippen molar-refractivity contribution in [2.24, 2.45) is 0 Å². The smallest absolute Gasteiger partial charge is 0.305 e. The molecule has 0 aromatic heterocycles. The highest BCUT2D eigenvalue weighted by atomic mass is 16.5. The van der Waals surface area contributed by atoms with E-state index in [0.29, 0.717) is 0 Å². The van der Waals surface area contributed by atoms with Crippen molar-refractivity contribution in [3.8, 4) is 0 Å². The third kappa shape index (κ3) is 4.79. The number of rotatable bonds is 7. The number of carbonyl (C=O) groups excluding carboxylic acids is 1. The summed E-state index contributed by atoms with van der Waals surface area (Å²) in [6.45, 7) is 1.81. The molecule has 0 bridgehead atoms. The summed E-state index contributed by atoms with van der Waals surface area (Å²) in [5.74, 6) is -1.20. The highest BCUT2D eigenvalue weighted by molar-refractivity contribution is 5.85. The second kappa shape index (κ2) is 7.24. The maximum absolute atomic E-state index is 12.3. The summed E-state index contributed by atoms with van der Waals surface area (Å²) in [6.07, 6.45) is 0.00799. The second-order valence-corrected chi connectivity index (χ2v) is 5.97. The van der Waals surface area contributed by atoms with Crippen LogP contribution in [0.1, 0.15) is 18.9 Å². The average Bonchev–Trinajstić information content (AvgIpc) is 2.45. The Labute approximate surface area is 135 Å². The molecule has 0 aliphatic rings. The van der Waals surface area contributed by atoms with Gasteiger partial charge in [-0.15, -0.1) is 0 Å². The Morgan fingerprint density at radius 2 is 1.87 bits per heavy atom. The van der Waals surface area contributed by atoms with Crippen LogP contribution < -0.4 is 5.32 Å². The van der Waals surface area contributed by atoms with Gasteiger partial charge in [-0.25, -0.2) is 0 Å². The molecule has 2 aromatic carbocycles. The quantitative estimate of drug-likeness (QED) is 0.822. The lowest BCUT2D eigenvalue weighted by atomic mass is 9.98. The lowest BCUT2D eigenvalue weighted by Crippen LogP contribution is -2.51. The summed E-state index contributed by atoms with van der Waals surface area (Å²) < 4.78 is 5.04. The van der Waals surface area contributed by atoms with Crippen molar-refractivity contribution in [2.45, 2.75) is 25.3 Å². The van der Waals surface area contributed by atoms with Crippen molar-refractivity contribution in [1.29, 1.82) is 0 Å². The third-order valence-corrected chi connectivity index (χ3v) is 3.62. The average molecular weight is 315 g/mol. The van der Waals surface area contributed by atoms with Crippen LogP contribution in [0.3, 0.4) is 0 Å². The molecule has 0 aliphatic heterocycles. The van der Waals surface area contributed by atoms with Crippen molar-refractivity contribution in [3.63, 3.8) is 0 Å². The molecule has 0 fully saturated rings. The fourth-order valence-corrected chi connectivity index (χ4v) is 2.70. The van der Waals surface area contributed by atoms with Gasteiger partial charge in [0.25, 0.3) is 0 Å². The minimum absolute atomic E-state index is 0.142. The van der Waals surface area contributed by atoms with Gasteiger partial charge in [-0.1, -0.05) is 42.5 Å². The van der Waals surface area contributed by atoms with Gasteiger partial charge in [-0.3, -0.25) is 9.59 Å². The Bertz CT molecular complexity index is 713. The zero-order chi connectivity index (χ0) is 16.9. The topological polar surface area (TPSA) is 75.6 Å². The molecule has 1 amide bonds. The van der Waals surface area contributed by atoms with Crippen LogP contribution in [0.2, 0.25) is 0 Å². The minimum atomic E-state index is -0.976. The molecule has 0 saturated carbocycles. The van der Waals surface area contributed by atoms with Crippen LogP contribution in [0.15, 0.2) is 42.5 Å². The summed E-state index contributed by atoms with van der Waals surface area (Å²) in [6, 6.07) is 13.8. The number of amides is 1. The molecule has 0 aliphatic carbocycles. The number of hydrogen-bond donors (Lipinski definition) is 2. The number of hydrogen-bond acceptors (Lipinski definition) is 3. The third-order valence-electron chi connectivity index (χ3n) is 3.62. The molecular formula is C18H21NO4. The largest absolute Gasteiger partial charge is 0.481 e. The van der Waals surface area contributed by atoms with Gasteiger partial charge in [0, 0.05) is 7.11 Å². The molecule has 0 heterocycles. The summed E-state index contributed by atoms with van der Waals surface area (Å²) in [7, 11) is 1.48. The van der Waals surface area contributed by atoms with Crippen LogP contribution in [0.25, 0.3) is 10.8 Å². The van der Waals surface area contributed by atoms with E-state index in [1.807, 2.05) is 42.5 Å². The molecule has 0 radical (unpaired) electrons. The molecule has 1 atom stereocenters. The number of methoxy groups -OCH3 is 1. The standard InChI is InChI=1S/C18H21NO4/c1-18(12-23-2,11-17(21)22)19-16(20)10-13-7-8-14-5-3-4-6-15(14)9-13/h3-9H,10-12H2,1-2H3,(H,19,20)(H,21,22). The van der Waals surface area contributed by atoms with E-state index in [9.17, 15) is 9.59 Å². The molecule has 5 heteroatoms. The van der Waals surface area contributed by atoms with E-state index in [0.717, 1.165) is 16.3 Å². The van der Waals surface area contributed by atoms with Gasteiger partial charge in [0.2, 0.25) is 5.91 Å². The first kappa shape index (κ1) is 17.0. The van der Waals surface area contributed by atoms with Crippen molar-refractivity contribution < 1.29 is 19.4 Å². The van der Waals surface area contributed by atoms with Crippen LogP contribution in [-0.4, -0.2) is 36.2 Å². The van der Waals surface area contributed by atoms with Crippen molar-refractivity contribution in [1.82, 2.24) is 5.32 Å². The second-order valence-electron chi connectivity index (χ2n) is 5.97. The van der Waals surface area contributed by atoms with Gasteiger partial charge >= 0.3 is 5.97 Å². The molecule has 2 N–H and O–H groups in total. The molecule has 0 spiro atoms. The van der Waals surface area contributed by atoms with Crippen molar-refractivity contribution >= 4 is 22.6 Å². The molecule has 23 heavy (non-hydrogen) atoms. The summed E-state index contributed by atoms with van der Waals surface area (Å²) in [5.41, 5.74) is -0.0367. The normalized spacial score (nSPS) is 13.5. The highest BCUT2D eigenvalue weighted by Crippen LogP contribution is 2.17. The molecule has 122 valence electrons. The lowest BCUT2D eigenvalue weighted by Gasteiger charge is -2.28. The maximum atomic E-state index is 12.3. The van der Waals surface area contributed by atoms with E-state index in [1.54, 1.807) is 6.92 Å². The Morgan fingerprint density at radius 1 is 1.17 bits per heavy atom. The summed E-state index contributed by atoms with van der Waals surface area (Å²) >= 11 is 0. The first-order valence-electron chi connectivity index (χ1n) is 7.41. The number of nitrogens with one attached hydrogen (secondary N) is 1. The Morgan fingerprint density at radius 3 is 2.52 bits per heavy atom. The predicted molar refractivity (Wildman–Crippen MR) is 88.3 cm³/mol. The number of carbonyl (C=O) groups is 2. The number of ether oxygens (including phenoxy) is 1. The summed E-state index contributed by atoms with van der Waals surface area (Å²) in [5, 5.41) is 14.0. The molecule has 5 nitrogen and oxygen atoms in total. The van der Waals surface area contributed by atoms with E-state index >= 15 is 0 Å². The number of benzene rings is 2. The Hall–Kier alpha value is -2.40. The monoisotopic (exact) mass is 315 g/mol. The van der Waals surface area contributed by atoms with Gasteiger partial charge in [0.1, 0.15) is 0 Å². The first-order valence-corrected chi connectivity index (χ1v) is 7.41. The van der Waals surface area contributed by atoms with Crippen LogP contribution in [-0.2, 0) is 20.7 Å². The zero-order valence-corrected chi connectivity index (χ0v) is 13.3. The Kier molecular flexibility index (Phi) is 5.34. The number of carboxylic acid groups (broad SMARTS) is 1. The van der Waals surface area contributed by atoms with Crippen LogP contribution in [0.5, 0.6) is 0 Å². The predicted octanol–water partition coefficient (Wildman–Crippen LogP) is 2.38. The number of carboxylic acids is 1. The van der Waals surface area contributed by atoms with E-state index < -0.39 is 11.5 Å². The van der Waals surface area contributed by atoms with Crippen LogP contribution >= 0.6 is 0 Å². The number of fused-ring (bicyclic) bond motifs is 1. The SMILES string of the molecule is COCC(C)(CC(=O)O)NC(=O)Cc1ccc2ccccc2c1. The van der Waals surface area contributed by atoms with Crippen molar-refractivity contribution in [2.75, 3.05) is 13.7 Å². The van der Waals surface area contributed by atoms with E-state index in [4.69, 9.17) is 9.84 Å². The molecule has 2 aromatic rings. The Balaban J connectivity index is 2.08. The van der Waals surface area contributed by atoms with Crippen molar-refractivity contribution in [3.05, 3.63) is 48.0 Å². The number of aliphatic carboxylic acids is 1. The molecule has 2 rings (SSSR count). The van der Waals surface area contributed by atoms with Gasteiger partial charge < -0.3 is 15.2 Å². The summed E-state index contributed by atoms with van der Waals surface area (Å²) in [4.78, 5) is 23.2. The molecular weight excluding hydrogens is 294 g/mol. The van der Waals surface area contributed by atoms with Gasteiger partial charge in [0.05, 0.1) is 25.0 Å². The first-order chi connectivity index (χ1) is 10.9. The minimum Gasteiger partial charge on any atom is -0.481 e. The fourth-order valence-electron chi connectivity index (χ4n) is 2.70. The fraction of sp³-hybridized carbons (Fsp3) is 0.333. The zero-order valence-electron chi connectivity index (χ0n) is 13.3.